The Labute approximate surface area is 82.4 Å². The van der Waals surface area contributed by atoms with E-state index in [1.165, 1.54) is 12.8 Å². The zero-order valence-electron chi connectivity index (χ0n) is 6.85. The van der Waals surface area contributed by atoms with Crippen LogP contribution < -0.4 is 0 Å². The second-order valence-corrected chi connectivity index (χ2v) is 5.22. The number of carbonyl (C=O) groups is 1. The monoisotopic (exact) mass is 206 g/mol. The van der Waals surface area contributed by atoms with Crippen molar-refractivity contribution in [1.82, 2.24) is 0 Å². The molecule has 2 fully saturated rings. The Morgan fingerprint density at radius 3 is 2.58 bits per heavy atom. The molecular formula is C9H12Cl2O. The predicted molar refractivity (Wildman–Crippen MR) is 49.5 cm³/mol. The Morgan fingerprint density at radius 2 is 1.83 bits per heavy atom. The van der Waals surface area contributed by atoms with Gasteiger partial charge >= 0.3 is 0 Å². The molecule has 3 heteroatoms. The number of carbonyl (C=O) groups excluding carboxylic acids is 1. The summed E-state index contributed by atoms with van der Waals surface area (Å²) in [5.41, 5.74) is 0. The van der Waals surface area contributed by atoms with Crippen LogP contribution in [-0.2, 0) is 4.79 Å². The minimum Gasteiger partial charge on any atom is -0.296 e. The van der Waals surface area contributed by atoms with Gasteiger partial charge in [0, 0.05) is 11.8 Å². The first kappa shape index (κ1) is 8.83. The smallest absolute Gasteiger partial charge is 0.179 e. The molecular weight excluding hydrogens is 195 g/mol. The lowest BCUT2D eigenvalue weighted by molar-refractivity contribution is -0.135. The molecule has 12 heavy (non-hydrogen) atoms. The number of hydrogen-bond donors (Lipinski definition) is 0. The molecule has 0 spiro atoms. The minimum absolute atomic E-state index is 0.0673. The maximum Gasteiger partial charge on any atom is 0.179 e. The van der Waals surface area contributed by atoms with Crippen molar-refractivity contribution in [2.45, 2.75) is 36.4 Å². The van der Waals surface area contributed by atoms with E-state index in [4.69, 9.17) is 23.2 Å². The largest absolute Gasteiger partial charge is 0.296 e. The Hall–Kier alpha value is 0.250. The number of hydrogen-bond acceptors (Lipinski definition) is 1. The Morgan fingerprint density at radius 1 is 1.17 bits per heavy atom. The SMILES string of the molecule is O=C1[C@@H]2CCCCC[C@@H]2C1(Cl)Cl. The first-order valence-corrected chi connectivity index (χ1v) is 5.32. The Balaban J connectivity index is 2.14. The second kappa shape index (κ2) is 2.88. The van der Waals surface area contributed by atoms with Gasteiger partial charge in [0.1, 0.15) is 0 Å². The zero-order chi connectivity index (χ0) is 8.77. The van der Waals surface area contributed by atoms with E-state index < -0.39 is 4.33 Å². The highest BCUT2D eigenvalue weighted by Crippen LogP contribution is 2.54. The van der Waals surface area contributed by atoms with Gasteiger partial charge in [-0.25, -0.2) is 0 Å². The van der Waals surface area contributed by atoms with E-state index >= 15 is 0 Å². The quantitative estimate of drug-likeness (QED) is 0.558. The maximum atomic E-state index is 11.4. The van der Waals surface area contributed by atoms with E-state index in [0.717, 1.165) is 19.3 Å². The van der Waals surface area contributed by atoms with Crippen LogP contribution in [0, 0.1) is 11.8 Å². The summed E-state index contributed by atoms with van der Waals surface area (Å²) in [6.45, 7) is 0. The van der Waals surface area contributed by atoms with Gasteiger partial charge in [-0.15, -0.1) is 0 Å². The molecule has 2 aliphatic rings. The van der Waals surface area contributed by atoms with Crippen molar-refractivity contribution < 1.29 is 4.79 Å². The topological polar surface area (TPSA) is 17.1 Å². The highest BCUT2D eigenvalue weighted by atomic mass is 35.5. The standard InChI is InChI=1S/C9H12Cl2O/c10-9(11)7-5-3-1-2-4-6(7)8(9)12/h6-7H,1-5H2/t6-,7+/m1/s1. The van der Waals surface area contributed by atoms with E-state index in [1.54, 1.807) is 0 Å². The van der Waals surface area contributed by atoms with Crippen LogP contribution in [0.5, 0.6) is 0 Å². The van der Waals surface area contributed by atoms with Gasteiger partial charge in [0.15, 0.2) is 10.1 Å². The number of fused-ring (bicyclic) bond motifs is 1. The number of rotatable bonds is 0. The van der Waals surface area contributed by atoms with E-state index in [2.05, 4.69) is 0 Å². The van der Waals surface area contributed by atoms with Crippen LogP contribution in [0.4, 0.5) is 0 Å². The average molecular weight is 207 g/mol. The van der Waals surface area contributed by atoms with E-state index in [1.807, 2.05) is 0 Å². The number of alkyl halides is 2. The van der Waals surface area contributed by atoms with Gasteiger partial charge in [-0.05, 0) is 12.8 Å². The third-order valence-corrected chi connectivity index (χ3v) is 4.08. The van der Waals surface area contributed by atoms with Crippen LogP contribution in [0.3, 0.4) is 0 Å². The number of ketones is 1. The highest BCUT2D eigenvalue weighted by Gasteiger charge is 2.59. The van der Waals surface area contributed by atoms with E-state index in [0.29, 0.717) is 0 Å². The predicted octanol–water partition coefficient (Wildman–Crippen LogP) is 2.94. The molecule has 2 aliphatic carbocycles. The molecule has 0 N–H and O–H groups in total. The van der Waals surface area contributed by atoms with Crippen LogP contribution in [0.1, 0.15) is 32.1 Å². The van der Waals surface area contributed by atoms with Crippen molar-refractivity contribution in [2.24, 2.45) is 11.8 Å². The van der Waals surface area contributed by atoms with Gasteiger partial charge in [-0.2, -0.15) is 0 Å². The van der Waals surface area contributed by atoms with E-state index in [9.17, 15) is 4.79 Å². The molecule has 0 aromatic carbocycles. The summed E-state index contributed by atoms with van der Waals surface area (Å²) in [4.78, 5) is 11.4. The number of halogens is 2. The van der Waals surface area contributed by atoms with Crippen LogP contribution in [0.15, 0.2) is 0 Å². The third-order valence-electron chi connectivity index (χ3n) is 3.15. The van der Waals surface area contributed by atoms with Crippen LogP contribution in [0.25, 0.3) is 0 Å². The summed E-state index contributed by atoms with van der Waals surface area (Å²) in [6, 6.07) is 0. The molecule has 0 heterocycles. The van der Waals surface area contributed by atoms with Crippen molar-refractivity contribution in [3.63, 3.8) is 0 Å². The van der Waals surface area contributed by atoms with E-state index in [-0.39, 0.29) is 17.6 Å². The summed E-state index contributed by atoms with van der Waals surface area (Å²) in [5.74, 6) is 0.496. The van der Waals surface area contributed by atoms with Gasteiger partial charge < -0.3 is 0 Å². The lowest BCUT2D eigenvalue weighted by Crippen LogP contribution is -2.55. The van der Waals surface area contributed by atoms with Gasteiger partial charge in [-0.3, -0.25) is 4.79 Å². The van der Waals surface area contributed by atoms with Crippen molar-refractivity contribution in [3.8, 4) is 0 Å². The van der Waals surface area contributed by atoms with Gasteiger partial charge in [0.05, 0.1) is 0 Å². The van der Waals surface area contributed by atoms with Crippen molar-refractivity contribution in [2.75, 3.05) is 0 Å². The molecule has 0 aromatic rings. The fourth-order valence-electron chi connectivity index (χ4n) is 2.39. The molecule has 0 bridgehead atoms. The third kappa shape index (κ3) is 1.10. The summed E-state index contributed by atoms with van der Waals surface area (Å²) in [5, 5.41) is 0. The Bertz CT molecular complexity index is 213. The highest BCUT2D eigenvalue weighted by molar-refractivity contribution is 6.60. The van der Waals surface area contributed by atoms with Crippen LogP contribution in [0.2, 0.25) is 0 Å². The van der Waals surface area contributed by atoms with Gasteiger partial charge in [0.25, 0.3) is 0 Å². The molecule has 2 rings (SSSR count). The molecule has 68 valence electrons. The van der Waals surface area contributed by atoms with Crippen molar-refractivity contribution in [3.05, 3.63) is 0 Å². The average Bonchev–Trinajstić information content (AvgIpc) is 2.26. The summed E-state index contributed by atoms with van der Waals surface area (Å²) >= 11 is 11.8. The first-order chi connectivity index (χ1) is 5.64. The second-order valence-electron chi connectivity index (χ2n) is 3.84. The van der Waals surface area contributed by atoms with Crippen molar-refractivity contribution >= 4 is 29.0 Å². The summed E-state index contributed by atoms with van der Waals surface area (Å²) in [6.07, 6.45) is 5.60. The molecule has 2 saturated carbocycles. The van der Waals surface area contributed by atoms with Crippen LogP contribution in [-0.4, -0.2) is 10.1 Å². The summed E-state index contributed by atoms with van der Waals surface area (Å²) < 4.78 is -1.03. The molecule has 0 unspecified atom stereocenters. The zero-order valence-corrected chi connectivity index (χ0v) is 8.37. The van der Waals surface area contributed by atoms with Crippen molar-refractivity contribution in [1.29, 1.82) is 0 Å². The van der Waals surface area contributed by atoms with Gasteiger partial charge in [-0.1, -0.05) is 42.5 Å². The minimum atomic E-state index is -1.03. The number of Topliss-reactive ketones (excluding diaryl/α,β-unsaturated/α-hetero) is 1. The fraction of sp³-hybridized carbons (Fsp3) is 0.889. The maximum absolute atomic E-state index is 11.4. The lowest BCUT2D eigenvalue weighted by Gasteiger charge is -2.44. The molecule has 0 amide bonds. The molecule has 0 aromatic heterocycles. The molecule has 0 saturated heterocycles. The molecule has 1 nitrogen and oxygen atoms in total. The molecule has 0 radical (unpaired) electrons. The molecule has 2 atom stereocenters. The Kier molecular flexibility index (Phi) is 2.12. The fourth-order valence-corrected chi connectivity index (χ4v) is 3.19. The normalized spacial score (nSPS) is 39.7. The van der Waals surface area contributed by atoms with Crippen LogP contribution >= 0.6 is 23.2 Å². The lowest BCUT2D eigenvalue weighted by atomic mass is 9.68. The van der Waals surface area contributed by atoms with Gasteiger partial charge in [0.2, 0.25) is 0 Å². The summed E-state index contributed by atoms with van der Waals surface area (Å²) in [7, 11) is 0. The first-order valence-electron chi connectivity index (χ1n) is 4.56. The molecule has 0 aliphatic heterocycles.